The van der Waals surface area contributed by atoms with Crippen molar-refractivity contribution in [1.29, 1.82) is 0 Å². The molecule has 0 bridgehead atoms. The summed E-state index contributed by atoms with van der Waals surface area (Å²) < 4.78 is 7.50. The summed E-state index contributed by atoms with van der Waals surface area (Å²) in [5.41, 5.74) is 1.97. The fourth-order valence-electron chi connectivity index (χ4n) is 2.58. The summed E-state index contributed by atoms with van der Waals surface area (Å²) in [4.78, 5) is 12.1. The van der Waals surface area contributed by atoms with Gasteiger partial charge >= 0.3 is 0 Å². The summed E-state index contributed by atoms with van der Waals surface area (Å²) in [6.07, 6.45) is 0.323. The van der Waals surface area contributed by atoms with Crippen LogP contribution >= 0.6 is 12.2 Å². The van der Waals surface area contributed by atoms with Crippen LogP contribution in [0.15, 0.2) is 54.6 Å². The van der Waals surface area contributed by atoms with Gasteiger partial charge in [-0.25, -0.2) is 0 Å². The van der Waals surface area contributed by atoms with Gasteiger partial charge in [-0.05, 0) is 42.0 Å². The average molecular weight is 368 g/mol. The number of amides is 1. The van der Waals surface area contributed by atoms with Crippen molar-refractivity contribution in [2.24, 2.45) is 0 Å². The number of nitrogens with zero attached hydrogens (tertiary/aromatic N) is 2. The van der Waals surface area contributed by atoms with E-state index >= 15 is 0 Å². The van der Waals surface area contributed by atoms with Crippen molar-refractivity contribution in [3.63, 3.8) is 0 Å². The summed E-state index contributed by atoms with van der Waals surface area (Å²) in [5, 5.41) is 10.0. The summed E-state index contributed by atoms with van der Waals surface area (Å²) in [6, 6.07) is 17.4. The lowest BCUT2D eigenvalue weighted by molar-refractivity contribution is -0.121. The molecule has 1 aromatic heterocycles. The third-order valence-electron chi connectivity index (χ3n) is 4.00. The van der Waals surface area contributed by atoms with Crippen LogP contribution in [0.2, 0.25) is 0 Å². The molecule has 1 heterocycles. The van der Waals surface area contributed by atoms with E-state index in [4.69, 9.17) is 17.0 Å². The first-order valence-corrected chi connectivity index (χ1v) is 8.68. The first-order chi connectivity index (χ1) is 12.7. The van der Waals surface area contributed by atoms with Crippen LogP contribution in [0.5, 0.6) is 5.75 Å². The Bertz CT molecular complexity index is 917. The quantitative estimate of drug-likeness (QED) is 0.628. The van der Waals surface area contributed by atoms with E-state index in [1.54, 1.807) is 7.11 Å². The number of nitrogens with one attached hydrogen (secondary N) is 2. The summed E-state index contributed by atoms with van der Waals surface area (Å²) in [7, 11) is 1.62. The molecule has 0 radical (unpaired) electrons. The summed E-state index contributed by atoms with van der Waals surface area (Å²) in [5.74, 6) is 1.45. The van der Waals surface area contributed by atoms with Crippen LogP contribution in [0.25, 0.3) is 11.4 Å². The molecule has 3 rings (SSSR count). The van der Waals surface area contributed by atoms with Crippen LogP contribution < -0.4 is 10.1 Å². The minimum atomic E-state index is -0.0300. The molecular weight excluding hydrogens is 348 g/mol. The van der Waals surface area contributed by atoms with Gasteiger partial charge in [-0.2, -0.15) is 5.10 Å². The van der Waals surface area contributed by atoms with Crippen LogP contribution in [0.3, 0.4) is 0 Å². The van der Waals surface area contributed by atoms with Crippen molar-refractivity contribution >= 4 is 18.1 Å². The Morgan fingerprint density at radius 3 is 2.62 bits per heavy atom. The highest BCUT2D eigenvalue weighted by molar-refractivity contribution is 7.71. The van der Waals surface area contributed by atoms with Gasteiger partial charge in [0.05, 0.1) is 7.11 Å². The zero-order valence-corrected chi connectivity index (χ0v) is 15.3. The van der Waals surface area contributed by atoms with E-state index in [-0.39, 0.29) is 5.91 Å². The van der Waals surface area contributed by atoms with Crippen molar-refractivity contribution in [3.8, 4) is 17.1 Å². The van der Waals surface area contributed by atoms with Gasteiger partial charge in [-0.1, -0.05) is 30.3 Å². The van der Waals surface area contributed by atoms with E-state index in [1.807, 2.05) is 59.2 Å². The Labute approximate surface area is 156 Å². The number of H-pyrrole nitrogens is 1. The number of hydrogen-bond donors (Lipinski definition) is 2. The highest BCUT2D eigenvalue weighted by Gasteiger charge is 2.11. The van der Waals surface area contributed by atoms with Gasteiger partial charge in [0.15, 0.2) is 10.6 Å². The Kier molecular flexibility index (Phi) is 5.80. The molecule has 2 aromatic carbocycles. The van der Waals surface area contributed by atoms with Gasteiger partial charge in [0.2, 0.25) is 5.91 Å². The molecule has 134 valence electrons. The maximum atomic E-state index is 12.1. The molecule has 0 fully saturated rings. The number of rotatable bonds is 7. The van der Waals surface area contributed by atoms with E-state index in [9.17, 15) is 4.79 Å². The number of aromatic amines is 1. The van der Waals surface area contributed by atoms with E-state index in [0.717, 1.165) is 16.9 Å². The predicted molar refractivity (Wildman–Crippen MR) is 102 cm³/mol. The zero-order chi connectivity index (χ0) is 18.4. The molecule has 0 spiro atoms. The molecule has 0 saturated heterocycles. The smallest absolute Gasteiger partial charge is 0.222 e. The average Bonchev–Trinajstić information content (AvgIpc) is 3.06. The van der Waals surface area contributed by atoms with Crippen LogP contribution in [-0.2, 0) is 17.9 Å². The van der Waals surface area contributed by atoms with Gasteiger partial charge in [-0.15, -0.1) is 0 Å². The molecule has 0 aliphatic rings. The summed E-state index contributed by atoms with van der Waals surface area (Å²) in [6.45, 7) is 0.971. The number of methoxy groups -OCH3 is 1. The fourth-order valence-corrected chi connectivity index (χ4v) is 2.81. The number of carbonyl (C=O) groups is 1. The number of aromatic nitrogens is 3. The maximum absolute atomic E-state index is 12.1. The maximum Gasteiger partial charge on any atom is 0.222 e. The van der Waals surface area contributed by atoms with Gasteiger partial charge < -0.3 is 10.1 Å². The van der Waals surface area contributed by atoms with Crippen molar-refractivity contribution in [2.45, 2.75) is 19.5 Å². The van der Waals surface area contributed by atoms with Gasteiger partial charge in [0.1, 0.15) is 5.75 Å². The Morgan fingerprint density at radius 1 is 1.19 bits per heavy atom. The molecule has 0 aliphatic heterocycles. The normalized spacial score (nSPS) is 10.5. The molecule has 0 aliphatic carbocycles. The largest absolute Gasteiger partial charge is 0.497 e. The molecule has 1 amide bonds. The molecule has 3 aromatic rings. The lowest BCUT2D eigenvalue weighted by Crippen LogP contribution is -2.24. The van der Waals surface area contributed by atoms with E-state index in [0.29, 0.717) is 30.1 Å². The zero-order valence-electron chi connectivity index (χ0n) is 14.4. The molecule has 0 atom stereocenters. The van der Waals surface area contributed by atoms with Crippen LogP contribution in [-0.4, -0.2) is 27.8 Å². The predicted octanol–water partition coefficient (Wildman–Crippen LogP) is 3.32. The molecular formula is C19H20N4O2S. The van der Waals surface area contributed by atoms with Crippen LogP contribution in [0.1, 0.15) is 12.0 Å². The molecule has 7 heteroatoms. The monoisotopic (exact) mass is 368 g/mol. The first-order valence-electron chi connectivity index (χ1n) is 8.27. The lowest BCUT2D eigenvalue weighted by Gasteiger charge is -2.08. The Balaban J connectivity index is 1.63. The SMILES string of the molecule is COc1ccc(-c2n[nH]c(=S)n2CCC(=O)NCc2ccccc2)cc1. The van der Waals surface area contributed by atoms with Crippen LogP contribution in [0, 0.1) is 4.77 Å². The first kappa shape index (κ1) is 17.9. The topological polar surface area (TPSA) is 71.9 Å². The van der Waals surface area contributed by atoms with Crippen LogP contribution in [0.4, 0.5) is 0 Å². The van der Waals surface area contributed by atoms with Gasteiger partial charge in [-0.3, -0.25) is 14.5 Å². The second-order valence-corrected chi connectivity index (χ2v) is 6.13. The van der Waals surface area contributed by atoms with Crippen molar-refractivity contribution in [1.82, 2.24) is 20.1 Å². The Hall–Kier alpha value is -2.93. The molecule has 6 nitrogen and oxygen atoms in total. The van der Waals surface area contributed by atoms with Crippen molar-refractivity contribution in [3.05, 3.63) is 64.9 Å². The van der Waals surface area contributed by atoms with E-state index in [1.165, 1.54) is 0 Å². The highest BCUT2D eigenvalue weighted by Crippen LogP contribution is 2.21. The molecule has 2 N–H and O–H groups in total. The minimum Gasteiger partial charge on any atom is -0.497 e. The highest BCUT2D eigenvalue weighted by atomic mass is 32.1. The molecule has 0 saturated carbocycles. The number of carbonyl (C=O) groups excluding carboxylic acids is 1. The second-order valence-electron chi connectivity index (χ2n) is 5.74. The van der Waals surface area contributed by atoms with E-state index in [2.05, 4.69) is 15.5 Å². The third kappa shape index (κ3) is 4.37. The fraction of sp³-hybridized carbons (Fsp3) is 0.211. The number of benzene rings is 2. The van der Waals surface area contributed by atoms with Crippen molar-refractivity contribution in [2.75, 3.05) is 7.11 Å². The second kappa shape index (κ2) is 8.44. The summed E-state index contributed by atoms with van der Waals surface area (Å²) >= 11 is 5.30. The number of hydrogen-bond acceptors (Lipinski definition) is 4. The van der Waals surface area contributed by atoms with Gasteiger partial charge in [0, 0.05) is 25.1 Å². The standard InChI is InChI=1S/C19H20N4O2S/c1-25-16-9-7-15(8-10-16)18-21-22-19(26)23(18)12-11-17(24)20-13-14-5-3-2-4-6-14/h2-10H,11-13H2,1H3,(H,20,24)(H,22,26). The Morgan fingerprint density at radius 2 is 1.92 bits per heavy atom. The molecule has 0 unspecified atom stereocenters. The third-order valence-corrected chi connectivity index (χ3v) is 4.31. The minimum absolute atomic E-state index is 0.0300. The van der Waals surface area contributed by atoms with Gasteiger partial charge in [0.25, 0.3) is 0 Å². The molecule has 26 heavy (non-hydrogen) atoms. The van der Waals surface area contributed by atoms with Crippen molar-refractivity contribution < 1.29 is 9.53 Å². The van der Waals surface area contributed by atoms with E-state index < -0.39 is 0 Å². The lowest BCUT2D eigenvalue weighted by atomic mass is 10.2. The number of ether oxygens (including phenoxy) is 1.